The monoisotopic (exact) mass is 339 g/mol. The van der Waals surface area contributed by atoms with Crippen LogP contribution in [-0.4, -0.2) is 40.1 Å². The Labute approximate surface area is 144 Å². The molecule has 130 valence electrons. The number of anilines is 3. The van der Waals surface area contributed by atoms with E-state index in [2.05, 4.69) is 42.3 Å². The first kappa shape index (κ1) is 15.5. The number of nitrogens with one attached hydrogen (secondary N) is 3. The highest BCUT2D eigenvalue weighted by molar-refractivity contribution is 5.76. The average molecular weight is 339 g/mol. The normalized spacial score (nSPS) is 15.6. The highest BCUT2D eigenvalue weighted by Crippen LogP contribution is 2.33. The number of nitrogen functional groups attached to an aromatic ring is 1. The minimum Gasteiger partial charge on any atom is -0.393 e. The lowest BCUT2D eigenvalue weighted by atomic mass is 9.89. The molecule has 8 heteroatoms. The molecular weight excluding hydrogens is 318 g/mol. The first-order chi connectivity index (χ1) is 12.2. The minimum atomic E-state index is -0.165. The lowest BCUT2D eigenvalue weighted by molar-refractivity contribution is 0.503. The zero-order valence-corrected chi connectivity index (χ0v) is 14.0. The summed E-state index contributed by atoms with van der Waals surface area (Å²) in [7, 11) is 1.80. The number of hydrogen-bond acceptors (Lipinski definition) is 6. The molecule has 1 saturated heterocycles. The Morgan fingerprint density at radius 2 is 1.96 bits per heavy atom. The highest BCUT2D eigenvalue weighted by atomic mass is 16.1. The fraction of sp³-hybridized carbons (Fsp3) is 0.353. The quantitative estimate of drug-likeness (QED) is 0.577. The Bertz CT molecular complexity index is 953. The van der Waals surface area contributed by atoms with Gasteiger partial charge in [0.25, 0.3) is 0 Å². The third-order valence-corrected chi connectivity index (χ3v) is 4.91. The van der Waals surface area contributed by atoms with Gasteiger partial charge in [0, 0.05) is 20.1 Å². The summed E-state index contributed by atoms with van der Waals surface area (Å²) in [6, 6.07) is 6.15. The van der Waals surface area contributed by atoms with Gasteiger partial charge in [-0.1, -0.05) is 6.07 Å². The van der Waals surface area contributed by atoms with Crippen molar-refractivity contribution in [3.05, 3.63) is 40.6 Å². The lowest BCUT2D eigenvalue weighted by Gasteiger charge is -2.33. The van der Waals surface area contributed by atoms with E-state index in [1.165, 1.54) is 5.56 Å². The summed E-state index contributed by atoms with van der Waals surface area (Å²) in [4.78, 5) is 27.7. The summed E-state index contributed by atoms with van der Waals surface area (Å²) in [5.41, 5.74) is 9.57. The molecule has 1 fully saturated rings. The van der Waals surface area contributed by atoms with Crippen LogP contribution >= 0.6 is 0 Å². The van der Waals surface area contributed by atoms with Crippen LogP contribution in [0.25, 0.3) is 11.0 Å². The predicted molar refractivity (Wildman–Crippen MR) is 99.1 cm³/mol. The van der Waals surface area contributed by atoms with E-state index in [0.717, 1.165) is 42.8 Å². The van der Waals surface area contributed by atoms with Crippen LogP contribution in [0.2, 0.25) is 0 Å². The molecule has 4 rings (SSSR count). The summed E-state index contributed by atoms with van der Waals surface area (Å²) in [6.45, 7) is 1.77. The van der Waals surface area contributed by atoms with Crippen molar-refractivity contribution in [3.63, 3.8) is 0 Å². The second kappa shape index (κ2) is 6.12. The smallest absolute Gasteiger partial charge is 0.323 e. The number of fused-ring (bicyclic) bond motifs is 1. The molecule has 5 N–H and O–H groups in total. The second-order valence-corrected chi connectivity index (χ2v) is 6.36. The number of aromatic amines is 2. The van der Waals surface area contributed by atoms with Crippen molar-refractivity contribution in [1.82, 2.24) is 19.9 Å². The van der Waals surface area contributed by atoms with Crippen LogP contribution in [-0.2, 0) is 0 Å². The van der Waals surface area contributed by atoms with E-state index in [4.69, 9.17) is 5.73 Å². The molecule has 0 atom stereocenters. The fourth-order valence-electron chi connectivity index (χ4n) is 3.57. The maximum atomic E-state index is 11.4. The van der Waals surface area contributed by atoms with Gasteiger partial charge >= 0.3 is 5.69 Å². The zero-order valence-electron chi connectivity index (χ0n) is 14.0. The van der Waals surface area contributed by atoms with Crippen LogP contribution in [0.3, 0.4) is 0 Å². The number of nitrogens with two attached hydrogens (primary N) is 1. The van der Waals surface area contributed by atoms with Gasteiger partial charge in [0.2, 0.25) is 0 Å². The molecule has 0 radical (unpaired) electrons. The molecule has 0 saturated carbocycles. The average Bonchev–Trinajstić information content (AvgIpc) is 3.01. The van der Waals surface area contributed by atoms with Gasteiger partial charge in [-0.05, 0) is 36.5 Å². The van der Waals surface area contributed by atoms with Gasteiger partial charge in [0.15, 0.2) is 11.6 Å². The molecule has 1 aliphatic rings. The van der Waals surface area contributed by atoms with E-state index in [0.29, 0.717) is 17.4 Å². The Morgan fingerprint density at radius 1 is 1.20 bits per heavy atom. The largest absolute Gasteiger partial charge is 0.393 e. The van der Waals surface area contributed by atoms with Crippen LogP contribution in [0.4, 0.5) is 17.3 Å². The van der Waals surface area contributed by atoms with Crippen molar-refractivity contribution in [2.45, 2.75) is 18.8 Å². The van der Waals surface area contributed by atoms with Crippen LogP contribution in [0.15, 0.2) is 29.3 Å². The van der Waals surface area contributed by atoms with Gasteiger partial charge < -0.3 is 25.9 Å². The molecule has 25 heavy (non-hydrogen) atoms. The number of piperidine rings is 1. The van der Waals surface area contributed by atoms with Crippen molar-refractivity contribution in [1.29, 1.82) is 0 Å². The first-order valence-electron chi connectivity index (χ1n) is 8.41. The van der Waals surface area contributed by atoms with Gasteiger partial charge in [-0.15, -0.1) is 0 Å². The van der Waals surface area contributed by atoms with Gasteiger partial charge in [-0.2, -0.15) is 0 Å². The number of aromatic nitrogens is 4. The Kier molecular flexibility index (Phi) is 3.79. The van der Waals surface area contributed by atoms with E-state index in [1.807, 2.05) is 6.07 Å². The third-order valence-electron chi connectivity index (χ3n) is 4.91. The SMILES string of the molecule is CNc1ncnc(N2CCC(c3ccc4[nH]c(=O)[nH]c4c3)CC2)c1N. The third kappa shape index (κ3) is 2.79. The molecule has 2 aromatic heterocycles. The minimum absolute atomic E-state index is 0.165. The van der Waals surface area contributed by atoms with Crippen molar-refractivity contribution in [3.8, 4) is 0 Å². The molecule has 0 spiro atoms. The van der Waals surface area contributed by atoms with Gasteiger partial charge in [0.1, 0.15) is 12.0 Å². The topological polar surface area (TPSA) is 116 Å². The Balaban J connectivity index is 1.51. The molecule has 0 unspecified atom stereocenters. The standard InChI is InChI=1S/C17H21N7O/c1-19-15-14(18)16(21-9-20-15)24-6-4-10(5-7-24)11-2-3-12-13(8-11)23-17(25)22-12/h2-3,8-10H,4-7,18H2,1H3,(H,19,20,21)(H2,22,23,25). The van der Waals surface area contributed by atoms with Crippen molar-refractivity contribution in [2.75, 3.05) is 36.1 Å². The summed E-state index contributed by atoms with van der Waals surface area (Å²) >= 11 is 0. The lowest BCUT2D eigenvalue weighted by Crippen LogP contribution is -2.34. The molecule has 0 bridgehead atoms. The molecule has 0 aliphatic carbocycles. The van der Waals surface area contributed by atoms with Crippen molar-refractivity contribution in [2.24, 2.45) is 0 Å². The summed E-state index contributed by atoms with van der Waals surface area (Å²) in [5, 5.41) is 2.99. The maximum absolute atomic E-state index is 11.4. The van der Waals surface area contributed by atoms with E-state index in [1.54, 1.807) is 13.4 Å². The number of H-pyrrole nitrogens is 2. The highest BCUT2D eigenvalue weighted by Gasteiger charge is 2.24. The Morgan fingerprint density at radius 3 is 2.72 bits per heavy atom. The van der Waals surface area contributed by atoms with E-state index >= 15 is 0 Å². The van der Waals surface area contributed by atoms with Crippen LogP contribution < -0.4 is 21.6 Å². The van der Waals surface area contributed by atoms with Crippen LogP contribution in [0.1, 0.15) is 24.3 Å². The number of benzene rings is 1. The number of imidazole rings is 1. The van der Waals surface area contributed by atoms with E-state index < -0.39 is 0 Å². The maximum Gasteiger partial charge on any atom is 0.323 e. The van der Waals surface area contributed by atoms with Crippen molar-refractivity contribution < 1.29 is 0 Å². The number of rotatable bonds is 3. The van der Waals surface area contributed by atoms with Crippen LogP contribution in [0.5, 0.6) is 0 Å². The Hall–Kier alpha value is -3.03. The molecular formula is C17H21N7O. The molecule has 8 nitrogen and oxygen atoms in total. The number of hydrogen-bond donors (Lipinski definition) is 4. The number of nitrogens with zero attached hydrogens (tertiary/aromatic N) is 3. The molecule has 3 aromatic rings. The van der Waals surface area contributed by atoms with Gasteiger partial charge in [-0.3, -0.25) is 0 Å². The molecule has 1 aromatic carbocycles. The summed E-state index contributed by atoms with van der Waals surface area (Å²) in [5.74, 6) is 1.92. The molecule has 3 heterocycles. The second-order valence-electron chi connectivity index (χ2n) is 6.36. The van der Waals surface area contributed by atoms with Gasteiger partial charge in [-0.25, -0.2) is 14.8 Å². The van der Waals surface area contributed by atoms with E-state index in [9.17, 15) is 4.79 Å². The predicted octanol–water partition coefficient (Wildman–Crippen LogP) is 1.65. The molecule has 0 amide bonds. The summed E-state index contributed by atoms with van der Waals surface area (Å²) in [6.07, 6.45) is 3.57. The molecule has 1 aliphatic heterocycles. The summed E-state index contributed by atoms with van der Waals surface area (Å²) < 4.78 is 0. The van der Waals surface area contributed by atoms with Crippen molar-refractivity contribution >= 4 is 28.4 Å². The fourth-order valence-corrected chi connectivity index (χ4v) is 3.57. The van der Waals surface area contributed by atoms with E-state index in [-0.39, 0.29) is 5.69 Å². The van der Waals surface area contributed by atoms with Crippen LogP contribution in [0, 0.1) is 0 Å². The van der Waals surface area contributed by atoms with Gasteiger partial charge in [0.05, 0.1) is 11.0 Å². The zero-order chi connectivity index (χ0) is 17.4. The first-order valence-corrected chi connectivity index (χ1v) is 8.41.